The van der Waals surface area contributed by atoms with Gasteiger partial charge in [-0.1, -0.05) is 0 Å². The molecule has 0 bridgehead atoms. The summed E-state index contributed by atoms with van der Waals surface area (Å²) in [6, 6.07) is 0. The molecule has 48 valence electrons. The number of nitrogens with one attached hydrogen (secondary N) is 3. The highest BCUT2D eigenvalue weighted by Gasteiger charge is 1.92. The minimum absolute atomic E-state index is 0.141. The molecule has 0 saturated heterocycles. The third kappa shape index (κ3) is 3.73. The Morgan fingerprint density at radius 2 is 2.50 bits per heavy atom. The van der Waals surface area contributed by atoms with E-state index in [1.165, 1.54) is 6.21 Å². The monoisotopic (exact) mass is 116 g/mol. The first kappa shape index (κ1) is 7.55. The molecule has 0 aliphatic heterocycles. The van der Waals surface area contributed by atoms with E-state index in [1.54, 1.807) is 7.05 Å². The normalized spacial score (nSPS) is 13.2. The summed E-state index contributed by atoms with van der Waals surface area (Å²) in [5, 5.41) is 6.64. The minimum Gasteiger partial charge on any atom is -0.315 e. The first-order chi connectivity index (χ1) is 3.81. The van der Waals surface area contributed by atoms with Crippen LogP contribution in [0.15, 0.2) is 0 Å². The van der Waals surface area contributed by atoms with Crippen molar-refractivity contribution in [3.63, 3.8) is 0 Å². The molecule has 0 aromatic rings. The lowest BCUT2D eigenvalue weighted by Gasteiger charge is -2.07. The van der Waals surface area contributed by atoms with Crippen LogP contribution >= 0.6 is 0 Å². The number of rotatable bonds is 4. The fraction of sp³-hybridized carbons (Fsp3) is 0.750. The van der Waals surface area contributed by atoms with Gasteiger partial charge in [0.15, 0.2) is 0 Å². The van der Waals surface area contributed by atoms with E-state index in [0.29, 0.717) is 6.42 Å². The Morgan fingerprint density at radius 1 is 1.88 bits per heavy atom. The molecule has 0 spiro atoms. The van der Waals surface area contributed by atoms with E-state index in [2.05, 4.69) is 10.9 Å². The second-order valence-electron chi connectivity index (χ2n) is 1.44. The predicted molar refractivity (Wildman–Crippen MR) is 33.6 cm³/mol. The Morgan fingerprint density at radius 3 is 2.88 bits per heavy atom. The molecule has 0 rings (SSSR count). The van der Waals surface area contributed by atoms with E-state index >= 15 is 0 Å². The molecule has 4 heteroatoms. The Hall–Kier alpha value is -0.450. The van der Waals surface area contributed by atoms with Gasteiger partial charge >= 0.3 is 0 Å². The Labute approximate surface area is 48.9 Å². The third-order valence-corrected chi connectivity index (χ3v) is 0.702. The summed E-state index contributed by atoms with van der Waals surface area (Å²) in [6.07, 6.45) is 1.69. The van der Waals surface area contributed by atoms with Gasteiger partial charge in [0.25, 0.3) is 0 Å². The van der Waals surface area contributed by atoms with E-state index in [4.69, 9.17) is 11.1 Å². The molecule has 0 fully saturated rings. The molecule has 4 nitrogen and oxygen atoms in total. The predicted octanol–water partition coefficient (Wildman–Crippen LogP) is -0.965. The van der Waals surface area contributed by atoms with Crippen LogP contribution in [0.1, 0.15) is 6.42 Å². The highest BCUT2D eigenvalue weighted by Crippen LogP contribution is 1.72. The lowest BCUT2D eigenvalue weighted by molar-refractivity contribution is 0.484. The molecule has 8 heavy (non-hydrogen) atoms. The fourth-order valence-electron chi connectivity index (χ4n) is 0.371. The van der Waals surface area contributed by atoms with Gasteiger partial charge < -0.3 is 11.1 Å². The number of hydrogen-bond donors (Lipinski definition) is 4. The zero-order valence-electron chi connectivity index (χ0n) is 4.94. The van der Waals surface area contributed by atoms with Crippen molar-refractivity contribution in [3.8, 4) is 0 Å². The van der Waals surface area contributed by atoms with Gasteiger partial charge in [-0.3, -0.25) is 5.43 Å². The highest BCUT2D eigenvalue weighted by molar-refractivity contribution is 5.53. The molecule has 5 N–H and O–H groups in total. The van der Waals surface area contributed by atoms with Crippen LogP contribution in [0, 0.1) is 5.41 Å². The topological polar surface area (TPSA) is 73.9 Å². The molecule has 1 unspecified atom stereocenters. The molecule has 0 aromatic carbocycles. The first-order valence-corrected chi connectivity index (χ1v) is 2.48. The molecule has 0 heterocycles. The van der Waals surface area contributed by atoms with E-state index < -0.39 is 0 Å². The van der Waals surface area contributed by atoms with Crippen molar-refractivity contribution >= 4 is 6.21 Å². The second kappa shape index (κ2) is 4.70. The van der Waals surface area contributed by atoms with Crippen LogP contribution in [-0.2, 0) is 0 Å². The number of nitrogens with two attached hydrogens (primary N) is 1. The molecule has 0 aliphatic rings. The zero-order valence-corrected chi connectivity index (χ0v) is 4.94. The fourth-order valence-corrected chi connectivity index (χ4v) is 0.371. The first-order valence-electron chi connectivity index (χ1n) is 2.48. The molecule has 0 aromatic heterocycles. The van der Waals surface area contributed by atoms with Crippen molar-refractivity contribution in [1.82, 2.24) is 10.9 Å². The quantitative estimate of drug-likeness (QED) is 0.217. The minimum atomic E-state index is -0.141. The standard InChI is InChI=1S/C4H12N4/c1-7-8-4(6)2-3-5/h3-5,7-8H,2,6H2,1H3. The van der Waals surface area contributed by atoms with Gasteiger partial charge in [0.05, 0.1) is 6.17 Å². The molecule has 0 amide bonds. The Bertz CT molecular complexity index is 63.1. The van der Waals surface area contributed by atoms with Crippen LogP contribution in [0.4, 0.5) is 0 Å². The van der Waals surface area contributed by atoms with Gasteiger partial charge in [0.1, 0.15) is 0 Å². The average Bonchev–Trinajstić information content (AvgIpc) is 1.68. The summed E-state index contributed by atoms with van der Waals surface area (Å²) in [5.41, 5.74) is 10.8. The molecule has 0 radical (unpaired) electrons. The summed E-state index contributed by atoms with van der Waals surface area (Å²) in [4.78, 5) is 0. The van der Waals surface area contributed by atoms with Gasteiger partial charge in [0, 0.05) is 6.42 Å². The lowest BCUT2D eigenvalue weighted by Crippen LogP contribution is -2.44. The van der Waals surface area contributed by atoms with Crippen molar-refractivity contribution in [2.24, 2.45) is 5.73 Å². The van der Waals surface area contributed by atoms with Gasteiger partial charge in [-0.15, -0.1) is 0 Å². The van der Waals surface area contributed by atoms with Crippen LogP contribution in [0.25, 0.3) is 0 Å². The van der Waals surface area contributed by atoms with Crippen LogP contribution in [-0.4, -0.2) is 19.4 Å². The van der Waals surface area contributed by atoms with Gasteiger partial charge in [-0.2, -0.15) is 0 Å². The van der Waals surface area contributed by atoms with E-state index in [1.807, 2.05) is 0 Å². The average molecular weight is 116 g/mol. The number of hydrogen-bond acceptors (Lipinski definition) is 4. The van der Waals surface area contributed by atoms with Crippen LogP contribution in [0.2, 0.25) is 0 Å². The highest BCUT2D eigenvalue weighted by atomic mass is 15.4. The van der Waals surface area contributed by atoms with Crippen LogP contribution in [0.5, 0.6) is 0 Å². The maximum absolute atomic E-state index is 6.64. The third-order valence-electron chi connectivity index (χ3n) is 0.702. The molecule has 0 aliphatic carbocycles. The largest absolute Gasteiger partial charge is 0.315 e. The van der Waals surface area contributed by atoms with E-state index in [-0.39, 0.29) is 6.17 Å². The van der Waals surface area contributed by atoms with Crippen molar-refractivity contribution < 1.29 is 0 Å². The van der Waals surface area contributed by atoms with Crippen LogP contribution < -0.4 is 16.6 Å². The lowest BCUT2D eigenvalue weighted by atomic mass is 10.4. The summed E-state index contributed by atoms with van der Waals surface area (Å²) in [7, 11) is 1.74. The molecular formula is C4H12N4. The summed E-state index contributed by atoms with van der Waals surface area (Å²) in [6.45, 7) is 0. The summed E-state index contributed by atoms with van der Waals surface area (Å²) >= 11 is 0. The maximum atomic E-state index is 6.64. The second-order valence-corrected chi connectivity index (χ2v) is 1.44. The Kier molecular flexibility index (Phi) is 4.44. The smallest absolute Gasteiger partial charge is 0.0728 e. The van der Waals surface area contributed by atoms with Gasteiger partial charge in [0.2, 0.25) is 0 Å². The van der Waals surface area contributed by atoms with E-state index in [9.17, 15) is 0 Å². The van der Waals surface area contributed by atoms with Crippen molar-refractivity contribution in [3.05, 3.63) is 0 Å². The summed E-state index contributed by atoms with van der Waals surface area (Å²) < 4.78 is 0. The van der Waals surface area contributed by atoms with Gasteiger partial charge in [-0.25, -0.2) is 5.43 Å². The van der Waals surface area contributed by atoms with Crippen molar-refractivity contribution in [1.29, 1.82) is 5.41 Å². The van der Waals surface area contributed by atoms with Crippen molar-refractivity contribution in [2.45, 2.75) is 12.6 Å². The molecular weight excluding hydrogens is 104 g/mol. The molecule has 1 atom stereocenters. The van der Waals surface area contributed by atoms with E-state index in [0.717, 1.165) is 0 Å². The van der Waals surface area contributed by atoms with Gasteiger partial charge in [-0.05, 0) is 13.3 Å². The maximum Gasteiger partial charge on any atom is 0.0728 e. The van der Waals surface area contributed by atoms with Crippen molar-refractivity contribution in [2.75, 3.05) is 7.05 Å². The summed E-state index contributed by atoms with van der Waals surface area (Å²) in [5.74, 6) is 0. The number of hydrazine groups is 1. The zero-order chi connectivity index (χ0) is 6.41. The SMILES string of the molecule is CNNC(N)CC=N. The van der Waals surface area contributed by atoms with Crippen LogP contribution in [0.3, 0.4) is 0 Å². The molecule has 0 saturated carbocycles. The Balaban J connectivity index is 3.03.